The molecule has 1 atom stereocenters. The summed E-state index contributed by atoms with van der Waals surface area (Å²) in [6.45, 7) is 5.31. The van der Waals surface area contributed by atoms with Gasteiger partial charge in [-0.3, -0.25) is 9.97 Å². The van der Waals surface area contributed by atoms with E-state index < -0.39 is 0 Å². The summed E-state index contributed by atoms with van der Waals surface area (Å²) < 4.78 is 0. The molecule has 0 aliphatic carbocycles. The van der Waals surface area contributed by atoms with Crippen molar-refractivity contribution in [2.75, 3.05) is 6.54 Å². The molecule has 0 radical (unpaired) electrons. The molecule has 0 saturated carbocycles. The highest BCUT2D eigenvalue weighted by molar-refractivity contribution is 5.20. The van der Waals surface area contributed by atoms with Gasteiger partial charge in [-0.2, -0.15) is 0 Å². The van der Waals surface area contributed by atoms with E-state index in [1.54, 1.807) is 0 Å². The predicted octanol–water partition coefficient (Wildman–Crippen LogP) is 3.46. The number of aromatic nitrogens is 2. The first-order valence-electron chi connectivity index (χ1n) is 7.34. The molecule has 0 bridgehead atoms. The number of nitrogens with one attached hydrogen (secondary N) is 1. The van der Waals surface area contributed by atoms with Crippen molar-refractivity contribution in [2.45, 2.75) is 39.2 Å². The fourth-order valence-corrected chi connectivity index (χ4v) is 2.31. The molecule has 1 N–H and O–H groups in total. The van der Waals surface area contributed by atoms with Crippen molar-refractivity contribution in [3.63, 3.8) is 0 Å². The van der Waals surface area contributed by atoms with Gasteiger partial charge in [0.1, 0.15) is 0 Å². The van der Waals surface area contributed by atoms with Gasteiger partial charge in [0, 0.05) is 30.3 Å². The number of hydrogen-bond acceptors (Lipinski definition) is 3. The third-order valence-electron chi connectivity index (χ3n) is 3.35. The standard InChI is InChI=1S/C17H23N3/c1-3-9-20-17(15-11-14(2)12-18-13-15)8-7-16-6-4-5-10-19-16/h4-6,10-13,17,20H,3,7-9H2,1-2H3. The van der Waals surface area contributed by atoms with E-state index in [1.807, 2.05) is 30.7 Å². The largest absolute Gasteiger partial charge is 0.310 e. The summed E-state index contributed by atoms with van der Waals surface area (Å²) in [6, 6.07) is 8.67. The van der Waals surface area contributed by atoms with Gasteiger partial charge < -0.3 is 5.32 Å². The molecule has 3 heteroatoms. The van der Waals surface area contributed by atoms with Crippen LogP contribution in [0.4, 0.5) is 0 Å². The highest BCUT2D eigenvalue weighted by Crippen LogP contribution is 2.19. The van der Waals surface area contributed by atoms with Gasteiger partial charge in [0.15, 0.2) is 0 Å². The van der Waals surface area contributed by atoms with Gasteiger partial charge in [0.2, 0.25) is 0 Å². The second-order valence-electron chi connectivity index (χ2n) is 5.16. The number of nitrogens with zero attached hydrogens (tertiary/aromatic N) is 2. The molecule has 0 amide bonds. The van der Waals surface area contributed by atoms with Crippen LogP contribution in [0.15, 0.2) is 42.9 Å². The molecule has 2 aromatic rings. The van der Waals surface area contributed by atoms with Crippen molar-refractivity contribution in [1.82, 2.24) is 15.3 Å². The molecular formula is C17H23N3. The molecule has 106 valence electrons. The van der Waals surface area contributed by atoms with Crippen LogP contribution < -0.4 is 5.32 Å². The van der Waals surface area contributed by atoms with Crippen molar-refractivity contribution in [3.05, 3.63) is 59.7 Å². The van der Waals surface area contributed by atoms with Crippen LogP contribution in [-0.2, 0) is 6.42 Å². The highest BCUT2D eigenvalue weighted by atomic mass is 14.9. The Morgan fingerprint density at radius 3 is 2.85 bits per heavy atom. The Balaban J connectivity index is 2.03. The van der Waals surface area contributed by atoms with Gasteiger partial charge in [0.25, 0.3) is 0 Å². The highest BCUT2D eigenvalue weighted by Gasteiger charge is 2.11. The van der Waals surface area contributed by atoms with Crippen molar-refractivity contribution in [3.8, 4) is 0 Å². The van der Waals surface area contributed by atoms with Gasteiger partial charge in [-0.05, 0) is 56.0 Å². The van der Waals surface area contributed by atoms with E-state index in [9.17, 15) is 0 Å². The smallest absolute Gasteiger partial charge is 0.0404 e. The molecule has 0 saturated heterocycles. The second kappa shape index (κ2) is 7.75. The summed E-state index contributed by atoms with van der Waals surface area (Å²) in [5.74, 6) is 0. The molecule has 0 fully saturated rings. The van der Waals surface area contributed by atoms with E-state index in [2.05, 4.69) is 41.3 Å². The van der Waals surface area contributed by atoms with Gasteiger partial charge in [-0.15, -0.1) is 0 Å². The molecule has 2 rings (SSSR count). The molecular weight excluding hydrogens is 246 g/mol. The van der Waals surface area contributed by atoms with Crippen molar-refractivity contribution < 1.29 is 0 Å². The first-order valence-corrected chi connectivity index (χ1v) is 7.34. The summed E-state index contributed by atoms with van der Waals surface area (Å²) in [5, 5.41) is 3.62. The topological polar surface area (TPSA) is 37.8 Å². The van der Waals surface area contributed by atoms with Crippen molar-refractivity contribution in [2.24, 2.45) is 0 Å². The molecule has 0 aliphatic heterocycles. The maximum atomic E-state index is 4.40. The SMILES string of the molecule is CCCNC(CCc1ccccn1)c1cncc(C)c1. The van der Waals surface area contributed by atoms with Gasteiger partial charge in [-0.25, -0.2) is 0 Å². The summed E-state index contributed by atoms with van der Waals surface area (Å²) >= 11 is 0. The van der Waals surface area contributed by atoms with E-state index in [-0.39, 0.29) is 0 Å². The molecule has 3 nitrogen and oxygen atoms in total. The maximum absolute atomic E-state index is 4.40. The maximum Gasteiger partial charge on any atom is 0.0404 e. The lowest BCUT2D eigenvalue weighted by molar-refractivity contribution is 0.495. The lowest BCUT2D eigenvalue weighted by Gasteiger charge is -2.19. The van der Waals surface area contributed by atoms with E-state index >= 15 is 0 Å². The minimum Gasteiger partial charge on any atom is -0.310 e. The second-order valence-corrected chi connectivity index (χ2v) is 5.16. The Bertz CT molecular complexity index is 511. The Labute approximate surface area is 121 Å². The molecule has 0 aliphatic rings. The van der Waals surface area contributed by atoms with Crippen LogP contribution in [0.1, 0.15) is 42.6 Å². The van der Waals surface area contributed by atoms with Crippen LogP contribution in [0.3, 0.4) is 0 Å². The lowest BCUT2D eigenvalue weighted by Crippen LogP contribution is -2.23. The van der Waals surface area contributed by atoms with Crippen molar-refractivity contribution >= 4 is 0 Å². The average molecular weight is 269 g/mol. The van der Waals surface area contributed by atoms with Crippen LogP contribution >= 0.6 is 0 Å². The molecule has 2 heterocycles. The van der Waals surface area contributed by atoms with Crippen LogP contribution in [-0.4, -0.2) is 16.5 Å². The fraction of sp³-hybridized carbons (Fsp3) is 0.412. The van der Waals surface area contributed by atoms with Crippen LogP contribution in [0.5, 0.6) is 0 Å². The number of rotatable bonds is 7. The van der Waals surface area contributed by atoms with Gasteiger partial charge in [0.05, 0.1) is 0 Å². The Kier molecular flexibility index (Phi) is 5.69. The predicted molar refractivity (Wildman–Crippen MR) is 82.6 cm³/mol. The monoisotopic (exact) mass is 269 g/mol. The minimum absolute atomic E-state index is 0.351. The van der Waals surface area contributed by atoms with Crippen LogP contribution in [0.25, 0.3) is 0 Å². The number of hydrogen-bond donors (Lipinski definition) is 1. The summed E-state index contributed by atoms with van der Waals surface area (Å²) in [4.78, 5) is 8.71. The Hall–Kier alpha value is -1.74. The summed E-state index contributed by atoms with van der Waals surface area (Å²) in [5.41, 5.74) is 3.63. The molecule has 2 aromatic heterocycles. The third-order valence-corrected chi connectivity index (χ3v) is 3.35. The summed E-state index contributed by atoms with van der Waals surface area (Å²) in [7, 11) is 0. The van der Waals surface area contributed by atoms with E-state index in [4.69, 9.17) is 0 Å². The van der Waals surface area contributed by atoms with E-state index in [1.165, 1.54) is 11.1 Å². The van der Waals surface area contributed by atoms with Crippen LogP contribution in [0.2, 0.25) is 0 Å². The zero-order valence-corrected chi connectivity index (χ0v) is 12.3. The summed E-state index contributed by atoms with van der Waals surface area (Å²) in [6.07, 6.45) is 8.90. The first-order chi connectivity index (χ1) is 9.79. The van der Waals surface area contributed by atoms with Crippen molar-refractivity contribution in [1.29, 1.82) is 0 Å². The average Bonchev–Trinajstić information content (AvgIpc) is 2.48. The molecule has 0 aromatic carbocycles. The fourth-order valence-electron chi connectivity index (χ4n) is 2.31. The zero-order valence-electron chi connectivity index (χ0n) is 12.3. The lowest BCUT2D eigenvalue weighted by atomic mass is 10.0. The van der Waals surface area contributed by atoms with Gasteiger partial charge >= 0.3 is 0 Å². The van der Waals surface area contributed by atoms with E-state index in [0.717, 1.165) is 31.5 Å². The van der Waals surface area contributed by atoms with Gasteiger partial charge in [-0.1, -0.05) is 19.1 Å². The Morgan fingerprint density at radius 1 is 1.25 bits per heavy atom. The normalized spacial score (nSPS) is 12.3. The molecule has 0 spiro atoms. The third kappa shape index (κ3) is 4.42. The molecule has 20 heavy (non-hydrogen) atoms. The Morgan fingerprint density at radius 2 is 2.15 bits per heavy atom. The van der Waals surface area contributed by atoms with Crippen LogP contribution in [0, 0.1) is 6.92 Å². The minimum atomic E-state index is 0.351. The quantitative estimate of drug-likeness (QED) is 0.836. The number of pyridine rings is 2. The number of aryl methyl sites for hydroxylation is 2. The van der Waals surface area contributed by atoms with E-state index in [0.29, 0.717) is 6.04 Å². The zero-order chi connectivity index (χ0) is 14.2. The first kappa shape index (κ1) is 14.7. The molecule has 1 unspecified atom stereocenters.